The molecular weight excluding hydrogens is 288 g/mol. The van der Waals surface area contributed by atoms with Crippen LogP contribution in [0.3, 0.4) is 0 Å². The van der Waals surface area contributed by atoms with Crippen molar-refractivity contribution >= 4 is 0 Å². The van der Waals surface area contributed by atoms with Gasteiger partial charge in [-0.25, -0.2) is 0 Å². The number of hydrogen-bond acceptors (Lipinski definition) is 0. The number of rotatable bonds is 0. The third kappa shape index (κ3) is 2420. The van der Waals surface area contributed by atoms with E-state index in [2.05, 4.69) is 37.5 Å². The van der Waals surface area contributed by atoms with E-state index >= 15 is 0 Å². The van der Waals surface area contributed by atoms with Crippen LogP contribution < -0.4 is 0 Å². The molecule has 0 aliphatic carbocycles. The van der Waals surface area contributed by atoms with Crippen LogP contribution in [0.1, 0.15) is 136 Å². The van der Waals surface area contributed by atoms with E-state index < -0.39 is 0 Å². The summed E-state index contributed by atoms with van der Waals surface area (Å²) in [5, 5.41) is 0. The van der Waals surface area contributed by atoms with Gasteiger partial charge in [-0.3, -0.25) is 0 Å². The van der Waals surface area contributed by atoms with Gasteiger partial charge in [0.05, 0.1) is 0 Å². The summed E-state index contributed by atoms with van der Waals surface area (Å²) in [6, 6.07) is 0. The maximum absolute atomic E-state index is 5.88. The molecule has 0 radical (unpaired) electrons. The highest BCUT2D eigenvalue weighted by molar-refractivity contribution is 4.73. The van der Waals surface area contributed by atoms with Crippen LogP contribution in [0.5, 0.6) is 0 Å². The lowest BCUT2D eigenvalue weighted by molar-refractivity contribution is 1.94. The Hall–Kier alpha value is -1.76. The lowest BCUT2D eigenvalue weighted by Gasteiger charge is -1.23. The van der Waals surface area contributed by atoms with Crippen molar-refractivity contribution in [1.29, 1.82) is 0 Å². The fourth-order valence-electron chi connectivity index (χ4n) is 0. The third-order valence-corrected chi connectivity index (χ3v) is 0. The Morgan fingerprint density at radius 1 is 0.625 bits per heavy atom. The van der Waals surface area contributed by atoms with Crippen molar-refractivity contribution < 1.29 is 18.3 Å². The van der Waals surface area contributed by atoms with Crippen molar-refractivity contribution in [3.8, 4) is 50.3 Å². The van der Waals surface area contributed by atoms with Crippen LogP contribution in [0, 0.1) is 50.3 Å². The van der Waals surface area contributed by atoms with Crippen molar-refractivity contribution in [3.63, 3.8) is 0 Å². The molecule has 0 rings (SSSR count). The van der Waals surface area contributed by atoms with Gasteiger partial charge in [0.15, 0.2) is 0 Å². The van der Waals surface area contributed by atoms with Gasteiger partial charge < -0.3 is 0 Å². The van der Waals surface area contributed by atoms with Crippen LogP contribution >= 0.6 is 0 Å². The quantitative estimate of drug-likeness (QED) is 0.362. The Morgan fingerprint density at radius 3 is 0.625 bits per heavy atom. The van der Waals surface area contributed by atoms with Gasteiger partial charge in [0.25, 0.3) is 0 Å². The van der Waals surface area contributed by atoms with Crippen molar-refractivity contribution in [3.05, 3.63) is 0 Å². The van der Waals surface area contributed by atoms with E-state index in [1.807, 2.05) is 0 Å². The topological polar surface area (TPSA) is 0 Å². The highest BCUT2D eigenvalue weighted by Crippen LogP contribution is 1.22. The minimum absolute atomic E-state index is 0. The van der Waals surface area contributed by atoms with Crippen LogP contribution in [0.4, 0.5) is 0 Å². The summed E-state index contributed by atoms with van der Waals surface area (Å²) >= 11 is 0. The molecule has 0 heterocycles. The van der Waals surface area contributed by atoms with Crippen LogP contribution in [0.15, 0.2) is 0 Å². The number of terminal acetylenes is 4. The Bertz CT molecular complexity index is 201. The van der Waals surface area contributed by atoms with E-state index in [4.69, 9.17) is 16.9 Å². The smallest absolute Gasteiger partial charge is 0.124 e. The molecule has 0 aromatic rings. The largest absolute Gasteiger partial charge is 0.124 e. The molecule has 0 spiro atoms. The maximum Gasteiger partial charge on any atom is 0.124 e. The SMILES string of the molecule is C.C.C.C.C.C.C.C.C.C.C.C#CC.C#CC.[3HH].[3H]C#C.[3H]C#C.[3H]C[3H].[3H]C[3H].[3H]C[3H].[3H][3H].[3H][3H]. The predicted molar refractivity (Wildman–Crippen MR) is 149 cm³/mol. The average Bonchev–Trinajstić information content (AvgIpc) is 2.56. The van der Waals surface area contributed by atoms with E-state index in [-0.39, 0.29) is 105 Å². The van der Waals surface area contributed by atoms with E-state index in [1.54, 1.807) is 13.8 Å². The molecule has 0 saturated heterocycles. The van der Waals surface area contributed by atoms with Gasteiger partial charge in [0.1, 0.15) is 2.74 Å². The summed E-state index contributed by atoms with van der Waals surface area (Å²) in [4.78, 5) is 0. The second kappa shape index (κ2) is 151000. The van der Waals surface area contributed by atoms with Gasteiger partial charge in [-0.05, 0) is 13.8 Å². The zero-order chi connectivity index (χ0) is 22.9. The van der Waals surface area contributed by atoms with E-state index in [9.17, 15) is 0 Å². The van der Waals surface area contributed by atoms with Crippen LogP contribution in [0.2, 0.25) is 0 Å². The zero-order valence-electron chi connectivity index (χ0n) is 20.4. The van der Waals surface area contributed by atoms with Gasteiger partial charge in [0.2, 0.25) is 0 Å². The molecule has 0 aliphatic heterocycles. The minimum Gasteiger partial charge on any atom is -0.124 e. The van der Waals surface area contributed by atoms with Crippen molar-refractivity contribution in [2.24, 2.45) is 0 Å². The van der Waals surface area contributed by atoms with Crippen LogP contribution in [-0.4, -0.2) is 0 Å². The summed E-state index contributed by atoms with van der Waals surface area (Å²) in [7, 11) is -0.750. The molecule has 0 amide bonds. The minimum atomic E-state index is -0.250. The van der Waals surface area contributed by atoms with Gasteiger partial charge >= 0.3 is 0 Å². The van der Waals surface area contributed by atoms with Crippen molar-refractivity contribution in [2.45, 2.75) is 118 Å². The first-order valence-electron chi connectivity index (χ1n) is 9.40. The summed E-state index contributed by atoms with van der Waals surface area (Å²) in [5.74, 6) is 4.50. The lowest BCUT2D eigenvalue weighted by atomic mass is 10.9. The molecule has 0 nitrogen and oxygen atoms in total. The standard InChI is InChI=1S/2C3H4.2C2H2.14CH4.3H2/c2*1-3-2;2*1-2;;;;;;;;;;;;;;;;;/h2*1H,2H3;2*1-2H;14*1H4;3*1H/i;;2*1T;3*1T2;;;;;;;;;;;;2*1+2T;1+2. The monoisotopic (exact) mass is 389 g/mol. The van der Waals surface area contributed by atoms with E-state index in [0.717, 1.165) is 0 Å². The molecular formula is C24H74. The summed E-state index contributed by atoms with van der Waals surface area (Å²) in [5.41, 5.74) is 0. The number of hydrogen-bond donors (Lipinski definition) is 0. The van der Waals surface area contributed by atoms with Gasteiger partial charge in [-0.15, -0.1) is 50.3 Å². The molecule has 0 heteroatoms. The Labute approximate surface area is 187 Å². The molecule has 0 aliphatic rings. The summed E-state index contributed by atoms with van der Waals surface area (Å²) in [6.45, 7) is 3.31. The predicted octanol–water partition coefficient (Wildman–Crippen LogP) is 11.4. The molecule has 0 bridgehead atoms. The maximum atomic E-state index is 5.88. The first-order chi connectivity index (χ1) is 11.9. The Balaban J connectivity index is -0.00000000395. The van der Waals surface area contributed by atoms with E-state index in [1.165, 1.54) is 12.8 Å². The van der Waals surface area contributed by atoms with Gasteiger partial charge in [0, 0.05) is 15.6 Å². The fraction of sp³-hybridized carbons (Fsp3) is 0.667. The first kappa shape index (κ1) is 49.5. The average molecular weight is 389 g/mol. The molecule has 0 saturated carbocycles. The molecule has 0 atom stereocenters. The van der Waals surface area contributed by atoms with Crippen molar-refractivity contribution in [2.75, 3.05) is 0 Å². The fourth-order valence-corrected chi connectivity index (χ4v) is 0. The highest BCUT2D eigenvalue weighted by Gasteiger charge is 1.09. The second-order valence-electron chi connectivity index (χ2n) is 0.577. The van der Waals surface area contributed by atoms with E-state index in [0.29, 0.717) is 0 Å². The zero-order valence-corrected chi connectivity index (χ0v) is 8.43. The molecule has 24 heavy (non-hydrogen) atoms. The highest BCUT2D eigenvalue weighted by atomic mass is 13.2. The summed E-state index contributed by atoms with van der Waals surface area (Å²) < 4.78 is 66.7. The second-order valence-corrected chi connectivity index (χ2v) is 0.577. The first-order valence-corrected chi connectivity index (χ1v) is 2.15. The van der Waals surface area contributed by atoms with Crippen LogP contribution in [-0.2, 0) is 0 Å². The van der Waals surface area contributed by atoms with Gasteiger partial charge in [-0.1, -0.05) is 104 Å². The summed E-state index contributed by atoms with van der Waals surface area (Å²) in [6.07, 6.45) is 20.7. The molecule has 0 N–H and O–H groups in total. The Kier molecular flexibility index (Phi) is 311000. The molecule has 0 fully saturated rings. The normalized spacial score (nSPS) is 4.58. The van der Waals surface area contributed by atoms with Crippen LogP contribution in [0.25, 0.3) is 0 Å². The molecule has 0 aromatic carbocycles. The molecule has 0 aromatic heterocycles. The molecule has 0 unspecified atom stereocenters. The van der Waals surface area contributed by atoms with Gasteiger partial charge in [-0.2, -0.15) is 0 Å². The molecule has 170 valence electrons. The third-order valence-electron chi connectivity index (χ3n) is 0. The lowest BCUT2D eigenvalue weighted by Crippen LogP contribution is -1.10. The van der Waals surface area contributed by atoms with Crippen molar-refractivity contribution in [1.82, 2.24) is 0 Å². The Morgan fingerprint density at radius 2 is 0.625 bits per heavy atom.